The fourth-order valence-electron chi connectivity index (χ4n) is 3.62. The van der Waals surface area contributed by atoms with Crippen LogP contribution in [0.5, 0.6) is 0 Å². The minimum Gasteiger partial charge on any atom is -0.283 e. The van der Waals surface area contributed by atoms with Crippen LogP contribution in [-0.4, -0.2) is 27.7 Å². The number of hydrogen-bond donors (Lipinski definition) is 1. The molecular formula is C22H20ClFN2O4S2. The van der Waals surface area contributed by atoms with Crippen molar-refractivity contribution in [2.45, 2.75) is 23.6 Å². The van der Waals surface area contributed by atoms with Gasteiger partial charge in [-0.15, -0.1) is 0 Å². The van der Waals surface area contributed by atoms with Crippen molar-refractivity contribution >= 4 is 37.3 Å². The van der Waals surface area contributed by atoms with Crippen LogP contribution in [0.2, 0.25) is 5.02 Å². The minimum absolute atomic E-state index is 0.125. The molecule has 0 aliphatic carbocycles. The Kier molecular flexibility index (Phi) is 6.26. The minimum atomic E-state index is -3.78. The summed E-state index contributed by atoms with van der Waals surface area (Å²) >= 11 is 5.86. The smallest absolute Gasteiger partial charge is 0.243 e. The van der Waals surface area contributed by atoms with E-state index in [0.717, 1.165) is 11.1 Å². The number of benzene rings is 3. The molecule has 0 fully saturated rings. The molecule has 0 amide bonds. The maximum Gasteiger partial charge on any atom is 0.243 e. The van der Waals surface area contributed by atoms with Gasteiger partial charge in [0.15, 0.2) is 0 Å². The van der Waals surface area contributed by atoms with Gasteiger partial charge >= 0.3 is 0 Å². The van der Waals surface area contributed by atoms with Crippen LogP contribution in [0.3, 0.4) is 0 Å². The normalized spacial score (nSPS) is 14.7. The van der Waals surface area contributed by atoms with Crippen LogP contribution in [0.25, 0.3) is 0 Å². The molecule has 0 atom stereocenters. The highest BCUT2D eigenvalue weighted by molar-refractivity contribution is 7.91. The van der Waals surface area contributed by atoms with Crippen molar-refractivity contribution in [3.8, 4) is 0 Å². The highest BCUT2D eigenvalue weighted by Crippen LogP contribution is 2.28. The number of halogens is 2. The SMILES string of the molecule is O=S(=O)(Cc1cccc(F)c1)Nc1ccc2c(c1)CN(S(=O)(=O)c1ccc(Cl)cc1)CC2. The molecule has 168 valence electrons. The van der Waals surface area contributed by atoms with E-state index in [1.807, 2.05) is 0 Å². The Labute approximate surface area is 191 Å². The molecule has 4 rings (SSSR count). The molecule has 0 aromatic heterocycles. The van der Waals surface area contributed by atoms with Crippen molar-refractivity contribution in [1.29, 1.82) is 0 Å². The molecule has 0 radical (unpaired) electrons. The van der Waals surface area contributed by atoms with E-state index in [2.05, 4.69) is 4.72 Å². The second-order valence-electron chi connectivity index (χ2n) is 7.52. The van der Waals surface area contributed by atoms with Gasteiger partial charge in [-0.3, -0.25) is 4.72 Å². The molecule has 10 heteroatoms. The van der Waals surface area contributed by atoms with E-state index in [4.69, 9.17) is 11.6 Å². The number of hydrogen-bond acceptors (Lipinski definition) is 4. The number of nitrogens with one attached hydrogen (secondary N) is 1. The second kappa shape index (κ2) is 8.82. The molecule has 1 aliphatic rings. The molecule has 32 heavy (non-hydrogen) atoms. The fourth-order valence-corrected chi connectivity index (χ4v) is 6.34. The fraction of sp³-hybridized carbons (Fsp3) is 0.182. The topological polar surface area (TPSA) is 83.6 Å². The summed E-state index contributed by atoms with van der Waals surface area (Å²) in [5.41, 5.74) is 2.34. The molecule has 0 spiro atoms. The Morgan fingerprint density at radius 3 is 2.41 bits per heavy atom. The highest BCUT2D eigenvalue weighted by atomic mass is 35.5. The summed E-state index contributed by atoms with van der Waals surface area (Å²) in [5.74, 6) is -0.882. The standard InChI is InChI=1S/C22H20ClFN2O4S2/c23-19-5-8-22(9-6-19)32(29,30)26-11-10-17-4-7-21(13-18(17)14-26)25-31(27,28)15-16-2-1-3-20(24)12-16/h1-9,12-13,25H,10-11,14-15H2. The molecule has 0 saturated carbocycles. The first kappa shape index (κ1) is 22.7. The van der Waals surface area contributed by atoms with Crippen molar-refractivity contribution in [2.75, 3.05) is 11.3 Å². The van der Waals surface area contributed by atoms with E-state index in [-0.39, 0.29) is 17.2 Å². The largest absolute Gasteiger partial charge is 0.283 e. The van der Waals surface area contributed by atoms with Crippen molar-refractivity contribution in [1.82, 2.24) is 4.31 Å². The number of sulfonamides is 2. The van der Waals surface area contributed by atoms with E-state index in [1.54, 1.807) is 18.2 Å². The molecule has 0 bridgehead atoms. The lowest BCUT2D eigenvalue weighted by Crippen LogP contribution is -2.36. The van der Waals surface area contributed by atoms with Crippen molar-refractivity contribution in [3.05, 3.63) is 94.3 Å². The lowest BCUT2D eigenvalue weighted by molar-refractivity contribution is 0.391. The van der Waals surface area contributed by atoms with Crippen LogP contribution in [0.1, 0.15) is 16.7 Å². The van der Waals surface area contributed by atoms with E-state index < -0.39 is 25.9 Å². The van der Waals surface area contributed by atoms with Gasteiger partial charge in [0.25, 0.3) is 0 Å². The van der Waals surface area contributed by atoms with Gasteiger partial charge in [0, 0.05) is 23.8 Å². The molecule has 0 unspecified atom stereocenters. The van der Waals surface area contributed by atoms with E-state index in [1.165, 1.54) is 52.8 Å². The summed E-state index contributed by atoms with van der Waals surface area (Å²) in [5, 5.41) is 0.447. The second-order valence-corrected chi connectivity index (χ2v) is 11.6. The average Bonchev–Trinajstić information content (AvgIpc) is 2.73. The first-order chi connectivity index (χ1) is 15.1. The Morgan fingerprint density at radius 2 is 1.69 bits per heavy atom. The molecular weight excluding hydrogens is 475 g/mol. The Balaban J connectivity index is 1.53. The molecule has 6 nitrogen and oxygen atoms in total. The highest BCUT2D eigenvalue weighted by Gasteiger charge is 2.28. The third kappa shape index (κ3) is 5.12. The zero-order valence-corrected chi connectivity index (χ0v) is 19.2. The maximum atomic E-state index is 13.4. The zero-order chi connectivity index (χ0) is 22.9. The van der Waals surface area contributed by atoms with Crippen LogP contribution >= 0.6 is 11.6 Å². The quantitative estimate of drug-likeness (QED) is 0.557. The molecule has 1 heterocycles. The Bertz CT molecular complexity index is 1360. The van der Waals surface area contributed by atoms with Gasteiger partial charge in [-0.05, 0) is 71.6 Å². The van der Waals surface area contributed by atoms with Gasteiger partial charge in [-0.25, -0.2) is 21.2 Å². The van der Waals surface area contributed by atoms with Crippen molar-refractivity contribution in [2.24, 2.45) is 0 Å². The van der Waals surface area contributed by atoms with Gasteiger partial charge in [0.1, 0.15) is 5.82 Å². The van der Waals surface area contributed by atoms with Crippen LogP contribution in [0, 0.1) is 5.82 Å². The van der Waals surface area contributed by atoms with Crippen molar-refractivity contribution < 1.29 is 21.2 Å². The van der Waals surface area contributed by atoms with E-state index in [0.29, 0.717) is 29.2 Å². The summed E-state index contributed by atoms with van der Waals surface area (Å²) in [6.07, 6.45) is 0.512. The van der Waals surface area contributed by atoms with Gasteiger partial charge in [0.2, 0.25) is 20.0 Å². The number of rotatable bonds is 6. The van der Waals surface area contributed by atoms with Crippen LogP contribution in [0.15, 0.2) is 71.6 Å². The van der Waals surface area contributed by atoms with Crippen molar-refractivity contribution in [3.63, 3.8) is 0 Å². The Morgan fingerprint density at radius 1 is 0.938 bits per heavy atom. The van der Waals surface area contributed by atoms with Gasteiger partial charge in [-0.1, -0.05) is 29.8 Å². The van der Waals surface area contributed by atoms with Gasteiger partial charge in [-0.2, -0.15) is 4.31 Å². The summed E-state index contributed by atoms with van der Waals surface area (Å²) in [7, 11) is -7.49. The molecule has 3 aromatic carbocycles. The molecule has 0 saturated heterocycles. The van der Waals surface area contributed by atoms with Crippen LogP contribution < -0.4 is 4.72 Å². The number of anilines is 1. The lowest BCUT2D eigenvalue weighted by Gasteiger charge is -2.28. The molecule has 1 aliphatic heterocycles. The van der Waals surface area contributed by atoms with Gasteiger partial charge < -0.3 is 0 Å². The van der Waals surface area contributed by atoms with Gasteiger partial charge in [0.05, 0.1) is 10.6 Å². The summed E-state index contributed by atoms with van der Waals surface area (Å²) in [4.78, 5) is 0.150. The molecule has 1 N–H and O–H groups in total. The third-order valence-electron chi connectivity index (χ3n) is 5.15. The first-order valence-corrected chi connectivity index (χ1v) is 13.2. The maximum absolute atomic E-state index is 13.4. The monoisotopic (exact) mass is 494 g/mol. The lowest BCUT2D eigenvalue weighted by atomic mass is 10.0. The zero-order valence-electron chi connectivity index (χ0n) is 16.8. The van der Waals surface area contributed by atoms with Crippen LogP contribution in [-0.2, 0) is 38.8 Å². The first-order valence-electron chi connectivity index (χ1n) is 9.75. The predicted octanol–water partition coefficient (Wildman–Crippen LogP) is 4.17. The summed E-state index contributed by atoms with van der Waals surface area (Å²) in [6.45, 7) is 0.447. The number of fused-ring (bicyclic) bond motifs is 1. The summed E-state index contributed by atoms with van der Waals surface area (Å²) < 4.78 is 68.3. The number of nitrogens with zero attached hydrogens (tertiary/aromatic N) is 1. The Hall–Kier alpha value is -2.46. The molecule has 3 aromatic rings. The van der Waals surface area contributed by atoms with Crippen LogP contribution in [0.4, 0.5) is 10.1 Å². The average molecular weight is 495 g/mol. The van der Waals surface area contributed by atoms with E-state index >= 15 is 0 Å². The van der Waals surface area contributed by atoms with E-state index in [9.17, 15) is 21.2 Å². The summed E-state index contributed by atoms with van der Waals surface area (Å²) in [6, 6.07) is 16.5. The predicted molar refractivity (Wildman–Crippen MR) is 122 cm³/mol. The third-order valence-corrected chi connectivity index (χ3v) is 8.53.